The Morgan fingerprint density at radius 1 is 1.11 bits per heavy atom. The molecule has 0 spiro atoms. The van der Waals surface area contributed by atoms with Gasteiger partial charge in [-0.2, -0.15) is 11.8 Å². The van der Waals surface area contributed by atoms with Crippen LogP contribution in [0.15, 0.2) is 0 Å². The van der Waals surface area contributed by atoms with E-state index in [1.165, 1.54) is 34.6 Å². The molecule has 206 valence electrons. The van der Waals surface area contributed by atoms with Crippen LogP contribution in [0, 0.1) is 0 Å². The molecule has 0 bridgehead atoms. The van der Waals surface area contributed by atoms with Crippen molar-refractivity contribution >= 4 is 29.7 Å². The van der Waals surface area contributed by atoms with E-state index in [4.69, 9.17) is 9.47 Å². The van der Waals surface area contributed by atoms with Crippen molar-refractivity contribution in [3.05, 3.63) is 0 Å². The number of ether oxygens (including phenoxy) is 2. The Bertz CT molecular complexity index is 885. The first-order valence-electron chi connectivity index (χ1n) is 12.4. The minimum Gasteiger partial charge on any atom is -0.463 e. The number of carbonyl (C=O) groups is 3. The lowest BCUT2D eigenvalue weighted by molar-refractivity contribution is -0.372. The molecule has 3 aliphatic rings. The molecule has 3 heterocycles. The molecule has 0 aromatic heterocycles. The molecule has 3 saturated heterocycles. The number of urea groups is 1. The number of hydrogen-bond donors (Lipinski definition) is 6. The van der Waals surface area contributed by atoms with Crippen LogP contribution in [0.2, 0.25) is 0 Å². The number of amides is 3. The lowest BCUT2D eigenvalue weighted by Crippen LogP contribution is -2.88. The zero-order valence-electron chi connectivity index (χ0n) is 22.0. The highest BCUT2D eigenvalue weighted by Gasteiger charge is 2.74. The lowest BCUT2D eigenvalue weighted by Gasteiger charge is -2.67. The molecule has 11 nitrogen and oxygen atoms in total. The first kappa shape index (κ1) is 29.0. The maximum Gasteiger partial charge on any atom is 0.315 e. The average molecular weight is 532 g/mol. The van der Waals surface area contributed by atoms with Crippen LogP contribution in [-0.4, -0.2) is 97.5 Å². The highest BCUT2D eigenvalue weighted by atomic mass is 32.2. The smallest absolute Gasteiger partial charge is 0.315 e. The van der Waals surface area contributed by atoms with E-state index in [2.05, 4.69) is 16.0 Å². The fraction of sp³-hybridized carbons (Fsp3) is 0.875. The Morgan fingerprint density at radius 2 is 1.78 bits per heavy atom. The van der Waals surface area contributed by atoms with Crippen LogP contribution in [0.25, 0.3) is 0 Å². The molecule has 6 N–H and O–H groups in total. The number of fused-ring (bicyclic) bond motifs is 1. The molecule has 0 saturated carbocycles. The van der Waals surface area contributed by atoms with Crippen molar-refractivity contribution in [3.63, 3.8) is 0 Å². The van der Waals surface area contributed by atoms with Crippen molar-refractivity contribution in [2.24, 2.45) is 0 Å². The molecule has 3 aliphatic heterocycles. The molecular formula is C24H41N3O8S. The summed E-state index contributed by atoms with van der Waals surface area (Å²) in [5, 5.41) is 41.8. The summed E-state index contributed by atoms with van der Waals surface area (Å²) in [4.78, 5) is 36.2. The molecule has 3 amide bonds. The third-order valence-electron chi connectivity index (χ3n) is 8.75. The van der Waals surface area contributed by atoms with Crippen LogP contribution in [0.4, 0.5) is 4.79 Å². The topological polar surface area (TPSA) is 166 Å². The number of rotatable bonds is 9. The second-order valence-electron chi connectivity index (χ2n) is 11.2. The zero-order valence-corrected chi connectivity index (χ0v) is 22.8. The largest absolute Gasteiger partial charge is 0.463 e. The Hall–Kier alpha value is -1.60. The number of thioether (sulfide) groups is 1. The van der Waals surface area contributed by atoms with Gasteiger partial charge in [0.1, 0.15) is 34.6 Å². The van der Waals surface area contributed by atoms with Gasteiger partial charge in [0, 0.05) is 24.3 Å². The fourth-order valence-electron chi connectivity index (χ4n) is 5.73. The highest BCUT2D eigenvalue weighted by Crippen LogP contribution is 2.53. The van der Waals surface area contributed by atoms with Gasteiger partial charge < -0.3 is 40.7 Å². The van der Waals surface area contributed by atoms with E-state index < -0.39 is 46.4 Å². The van der Waals surface area contributed by atoms with Crippen molar-refractivity contribution in [2.45, 2.75) is 113 Å². The summed E-state index contributed by atoms with van der Waals surface area (Å²) in [6.07, 6.45) is 2.45. The Kier molecular flexibility index (Phi) is 7.99. The van der Waals surface area contributed by atoms with Crippen molar-refractivity contribution in [2.75, 3.05) is 19.0 Å². The van der Waals surface area contributed by atoms with Gasteiger partial charge in [-0.3, -0.25) is 9.59 Å². The maximum absolute atomic E-state index is 12.6. The van der Waals surface area contributed by atoms with E-state index in [1.54, 1.807) is 6.92 Å². The van der Waals surface area contributed by atoms with Crippen LogP contribution in [0.1, 0.15) is 67.2 Å². The molecule has 36 heavy (non-hydrogen) atoms. The SMILES string of the molecule is CC(=O)NC1(C)C(C)(O)[C@](C)(O)C(C)(CO)O[C@@]1(C)COC(=O)CCCCC1SCC2NC(=O)NC21. The first-order valence-corrected chi connectivity index (χ1v) is 13.5. The third-order valence-corrected chi connectivity index (χ3v) is 10.3. The van der Waals surface area contributed by atoms with E-state index in [9.17, 15) is 29.7 Å². The average Bonchev–Trinajstić information content (AvgIpc) is 3.32. The van der Waals surface area contributed by atoms with Gasteiger partial charge in [-0.15, -0.1) is 0 Å². The molecule has 8 atom stereocenters. The number of aliphatic hydroxyl groups is 3. The summed E-state index contributed by atoms with van der Waals surface area (Å²) in [5.74, 6) is -0.0472. The predicted octanol–water partition coefficient (Wildman–Crippen LogP) is 0.192. The second kappa shape index (κ2) is 9.94. The maximum atomic E-state index is 12.6. The van der Waals surface area contributed by atoms with E-state index in [0.717, 1.165) is 18.6 Å². The zero-order chi connectivity index (χ0) is 27.2. The lowest BCUT2D eigenvalue weighted by atomic mass is 9.56. The number of carbonyl (C=O) groups excluding carboxylic acids is 3. The fourth-order valence-corrected chi connectivity index (χ4v) is 7.27. The summed E-state index contributed by atoms with van der Waals surface area (Å²) in [5.41, 5.74) is -8.64. The van der Waals surface area contributed by atoms with Crippen LogP contribution >= 0.6 is 11.8 Å². The summed E-state index contributed by atoms with van der Waals surface area (Å²) in [7, 11) is 0. The van der Waals surface area contributed by atoms with Gasteiger partial charge in [0.2, 0.25) is 5.91 Å². The molecule has 3 fully saturated rings. The monoisotopic (exact) mass is 531 g/mol. The van der Waals surface area contributed by atoms with Crippen LogP contribution < -0.4 is 16.0 Å². The summed E-state index contributed by atoms with van der Waals surface area (Å²) in [6, 6.07) is 0.158. The Labute approximate surface area is 216 Å². The van der Waals surface area contributed by atoms with Crippen molar-refractivity contribution in [3.8, 4) is 0 Å². The number of hydrogen-bond acceptors (Lipinski definition) is 9. The van der Waals surface area contributed by atoms with Gasteiger partial charge in [-0.05, 0) is 47.5 Å². The first-order chi connectivity index (χ1) is 16.5. The standard InChI is InChI=1S/C24H41N3O8S/c1-14(29)27-22(4)21(3,35-20(2,12-28)23(5,32)24(22,6)33)13-34-17(30)10-8-7-9-16-18-15(11-36-16)25-19(31)26-18/h15-16,18,28,32-33H,7-13H2,1-6H3,(H,27,29)(H2,25,26,31)/t15?,16?,18?,20?,21-,22?,23+,24?/m0/s1. The van der Waals surface area contributed by atoms with Crippen LogP contribution in [0.3, 0.4) is 0 Å². The van der Waals surface area contributed by atoms with E-state index in [0.29, 0.717) is 11.7 Å². The minimum absolute atomic E-state index is 0.121. The molecule has 3 rings (SSSR count). The number of nitrogens with one attached hydrogen (secondary N) is 3. The van der Waals surface area contributed by atoms with Crippen LogP contribution in [-0.2, 0) is 19.1 Å². The summed E-state index contributed by atoms with van der Waals surface area (Å²) >= 11 is 1.82. The van der Waals surface area contributed by atoms with Gasteiger partial charge in [-0.1, -0.05) is 6.42 Å². The van der Waals surface area contributed by atoms with Gasteiger partial charge >= 0.3 is 12.0 Å². The predicted molar refractivity (Wildman–Crippen MR) is 133 cm³/mol. The van der Waals surface area contributed by atoms with Crippen molar-refractivity contribution in [1.82, 2.24) is 16.0 Å². The molecule has 0 aliphatic carbocycles. The van der Waals surface area contributed by atoms with E-state index in [-0.39, 0.29) is 31.1 Å². The molecule has 0 aromatic rings. The third kappa shape index (κ3) is 4.70. The normalized spacial score (nSPS) is 43.9. The van der Waals surface area contributed by atoms with E-state index >= 15 is 0 Å². The van der Waals surface area contributed by atoms with Gasteiger partial charge in [-0.25, -0.2) is 4.79 Å². The van der Waals surface area contributed by atoms with Gasteiger partial charge in [0.05, 0.1) is 18.7 Å². The number of aliphatic hydroxyl groups excluding tert-OH is 1. The Morgan fingerprint density at radius 3 is 2.39 bits per heavy atom. The Balaban J connectivity index is 1.61. The molecule has 0 radical (unpaired) electrons. The summed E-state index contributed by atoms with van der Waals surface area (Å²) < 4.78 is 11.7. The van der Waals surface area contributed by atoms with E-state index in [1.807, 2.05) is 11.8 Å². The summed E-state index contributed by atoms with van der Waals surface area (Å²) in [6.45, 7) is 7.61. The molecule has 0 aromatic carbocycles. The van der Waals surface area contributed by atoms with Crippen LogP contribution in [0.5, 0.6) is 0 Å². The van der Waals surface area contributed by atoms with Gasteiger partial charge in [0.25, 0.3) is 0 Å². The molecular weight excluding hydrogens is 490 g/mol. The highest BCUT2D eigenvalue weighted by molar-refractivity contribution is 8.00. The van der Waals surface area contributed by atoms with Crippen molar-refractivity contribution < 1.29 is 39.2 Å². The van der Waals surface area contributed by atoms with Crippen molar-refractivity contribution in [1.29, 1.82) is 0 Å². The quantitative estimate of drug-likeness (QED) is 0.138. The molecule has 6 unspecified atom stereocenters. The number of unbranched alkanes of at least 4 members (excludes halogenated alkanes) is 1. The second-order valence-corrected chi connectivity index (χ2v) is 12.5. The molecule has 12 heteroatoms. The number of esters is 1. The van der Waals surface area contributed by atoms with Gasteiger partial charge in [0.15, 0.2) is 0 Å². The minimum atomic E-state index is -1.98.